The van der Waals surface area contributed by atoms with Crippen LogP contribution in [0.4, 0.5) is 5.69 Å². The number of nitrogens with one attached hydrogen (secondary N) is 1. The van der Waals surface area contributed by atoms with E-state index in [2.05, 4.69) is 11.9 Å². The normalized spacial score (nSPS) is 16.6. The molecule has 6 heteroatoms. The molecule has 1 aliphatic heterocycles. The SMILES string of the molecule is C=CC(=O)Nc1cccc(S(=O)(=O)N2CCCCC2)c1. The average Bonchev–Trinajstić information content (AvgIpc) is 2.48. The Morgan fingerprint density at radius 2 is 1.95 bits per heavy atom. The smallest absolute Gasteiger partial charge is 0.247 e. The highest BCUT2D eigenvalue weighted by Crippen LogP contribution is 2.22. The molecule has 0 saturated carbocycles. The van der Waals surface area contributed by atoms with Crippen molar-refractivity contribution in [1.29, 1.82) is 0 Å². The molecule has 1 aliphatic rings. The summed E-state index contributed by atoms with van der Waals surface area (Å²) in [5, 5.41) is 2.57. The third-order valence-corrected chi connectivity index (χ3v) is 5.13. The van der Waals surface area contributed by atoms with Crippen molar-refractivity contribution in [2.45, 2.75) is 24.2 Å². The van der Waals surface area contributed by atoms with Crippen LogP contribution in [0.5, 0.6) is 0 Å². The molecule has 108 valence electrons. The van der Waals surface area contributed by atoms with Crippen LogP contribution in [0.3, 0.4) is 0 Å². The van der Waals surface area contributed by atoms with Gasteiger partial charge in [0.1, 0.15) is 0 Å². The van der Waals surface area contributed by atoms with E-state index in [0.717, 1.165) is 25.3 Å². The average molecular weight is 294 g/mol. The molecule has 0 aromatic heterocycles. The molecule has 0 atom stereocenters. The Hall–Kier alpha value is -1.66. The molecule has 0 aliphatic carbocycles. The lowest BCUT2D eigenvalue weighted by atomic mass is 10.2. The predicted octanol–water partition coefficient (Wildman–Crippen LogP) is 1.99. The molecule has 1 saturated heterocycles. The number of amides is 1. The zero-order chi connectivity index (χ0) is 14.6. The van der Waals surface area contributed by atoms with Crippen LogP contribution in [0.15, 0.2) is 41.8 Å². The van der Waals surface area contributed by atoms with E-state index in [4.69, 9.17) is 0 Å². The van der Waals surface area contributed by atoms with Crippen molar-refractivity contribution in [2.24, 2.45) is 0 Å². The largest absolute Gasteiger partial charge is 0.322 e. The summed E-state index contributed by atoms with van der Waals surface area (Å²) in [6, 6.07) is 6.30. The zero-order valence-corrected chi connectivity index (χ0v) is 12.0. The van der Waals surface area contributed by atoms with Gasteiger partial charge in [0.25, 0.3) is 0 Å². The Kier molecular flexibility index (Phi) is 4.57. The first-order valence-corrected chi connectivity index (χ1v) is 8.01. The highest BCUT2D eigenvalue weighted by atomic mass is 32.2. The molecule has 5 nitrogen and oxygen atoms in total. The molecule has 0 bridgehead atoms. The topological polar surface area (TPSA) is 66.5 Å². The van der Waals surface area contributed by atoms with Gasteiger partial charge in [0.15, 0.2) is 0 Å². The third kappa shape index (κ3) is 3.26. The number of anilines is 1. The third-order valence-electron chi connectivity index (χ3n) is 3.24. The van der Waals surface area contributed by atoms with Crippen LogP contribution in [-0.2, 0) is 14.8 Å². The van der Waals surface area contributed by atoms with E-state index in [0.29, 0.717) is 18.8 Å². The van der Waals surface area contributed by atoms with E-state index in [1.54, 1.807) is 18.2 Å². The highest BCUT2D eigenvalue weighted by molar-refractivity contribution is 7.89. The molecule has 20 heavy (non-hydrogen) atoms. The van der Waals surface area contributed by atoms with E-state index in [1.807, 2.05) is 0 Å². The number of carbonyl (C=O) groups is 1. The van der Waals surface area contributed by atoms with Gasteiger partial charge in [-0.15, -0.1) is 0 Å². The van der Waals surface area contributed by atoms with Crippen LogP contribution in [0.25, 0.3) is 0 Å². The number of carbonyl (C=O) groups excluding carboxylic acids is 1. The Morgan fingerprint density at radius 1 is 1.25 bits per heavy atom. The summed E-state index contributed by atoms with van der Waals surface area (Å²) in [5.41, 5.74) is 0.452. The van der Waals surface area contributed by atoms with E-state index < -0.39 is 10.0 Å². The number of rotatable bonds is 4. The standard InChI is InChI=1S/C14H18N2O3S/c1-2-14(17)15-12-7-6-8-13(11-12)20(18,19)16-9-4-3-5-10-16/h2,6-8,11H,1,3-5,9-10H2,(H,15,17). The molecular formula is C14H18N2O3S. The van der Waals surface area contributed by atoms with Crippen molar-refractivity contribution in [3.8, 4) is 0 Å². The molecule has 0 spiro atoms. The molecule has 1 aromatic rings. The maximum absolute atomic E-state index is 12.5. The summed E-state index contributed by atoms with van der Waals surface area (Å²) in [5.74, 6) is -0.363. The number of nitrogens with zero attached hydrogens (tertiary/aromatic N) is 1. The first-order valence-electron chi connectivity index (χ1n) is 6.57. The van der Waals surface area contributed by atoms with Gasteiger partial charge in [-0.25, -0.2) is 8.42 Å². The van der Waals surface area contributed by atoms with Gasteiger partial charge in [-0.2, -0.15) is 4.31 Å². The monoisotopic (exact) mass is 294 g/mol. The van der Waals surface area contributed by atoms with Gasteiger partial charge in [-0.1, -0.05) is 19.1 Å². The highest BCUT2D eigenvalue weighted by Gasteiger charge is 2.25. The number of hydrogen-bond donors (Lipinski definition) is 1. The molecule has 2 rings (SSSR count). The van der Waals surface area contributed by atoms with Crippen LogP contribution >= 0.6 is 0 Å². The molecule has 1 fully saturated rings. The van der Waals surface area contributed by atoms with Gasteiger partial charge in [0.05, 0.1) is 4.90 Å². The molecule has 1 heterocycles. The fourth-order valence-electron chi connectivity index (χ4n) is 2.18. The van der Waals surface area contributed by atoms with E-state index in [-0.39, 0.29) is 10.8 Å². The van der Waals surface area contributed by atoms with E-state index >= 15 is 0 Å². The summed E-state index contributed by atoms with van der Waals surface area (Å²) in [6.07, 6.45) is 4.01. The van der Waals surface area contributed by atoms with Gasteiger partial charge < -0.3 is 5.32 Å². The summed E-state index contributed by atoms with van der Waals surface area (Å²) in [4.78, 5) is 11.5. The molecule has 0 unspecified atom stereocenters. The van der Waals surface area contributed by atoms with Gasteiger partial charge in [0, 0.05) is 18.8 Å². The van der Waals surface area contributed by atoms with E-state index in [1.165, 1.54) is 10.4 Å². The lowest BCUT2D eigenvalue weighted by Crippen LogP contribution is -2.35. The maximum Gasteiger partial charge on any atom is 0.247 e. The van der Waals surface area contributed by atoms with Crippen molar-refractivity contribution >= 4 is 21.6 Å². The Bertz CT molecular complexity index is 605. The Balaban J connectivity index is 2.25. The zero-order valence-electron chi connectivity index (χ0n) is 11.2. The minimum absolute atomic E-state index is 0.210. The van der Waals surface area contributed by atoms with Crippen LogP contribution in [0, 0.1) is 0 Å². The first kappa shape index (κ1) is 14.7. The van der Waals surface area contributed by atoms with Gasteiger partial charge in [-0.3, -0.25) is 4.79 Å². The lowest BCUT2D eigenvalue weighted by molar-refractivity contribution is -0.111. The van der Waals surface area contributed by atoms with Crippen LogP contribution in [0.2, 0.25) is 0 Å². The first-order chi connectivity index (χ1) is 9.54. The van der Waals surface area contributed by atoms with Crippen molar-refractivity contribution in [1.82, 2.24) is 4.31 Å². The van der Waals surface area contributed by atoms with Gasteiger partial charge in [-0.05, 0) is 37.1 Å². The quantitative estimate of drug-likeness (QED) is 0.864. The van der Waals surface area contributed by atoms with Crippen molar-refractivity contribution in [2.75, 3.05) is 18.4 Å². The predicted molar refractivity (Wildman–Crippen MR) is 77.9 cm³/mol. The van der Waals surface area contributed by atoms with Crippen molar-refractivity contribution in [3.63, 3.8) is 0 Å². The van der Waals surface area contributed by atoms with Crippen molar-refractivity contribution < 1.29 is 13.2 Å². The van der Waals surface area contributed by atoms with Gasteiger partial charge >= 0.3 is 0 Å². The minimum Gasteiger partial charge on any atom is -0.322 e. The van der Waals surface area contributed by atoms with Gasteiger partial charge in [0.2, 0.25) is 15.9 Å². The van der Waals surface area contributed by atoms with Crippen LogP contribution in [-0.4, -0.2) is 31.7 Å². The second kappa shape index (κ2) is 6.19. The van der Waals surface area contributed by atoms with E-state index in [9.17, 15) is 13.2 Å². The fourth-order valence-corrected chi connectivity index (χ4v) is 3.75. The second-order valence-electron chi connectivity index (χ2n) is 4.69. The summed E-state index contributed by atoms with van der Waals surface area (Å²) in [7, 11) is -3.47. The second-order valence-corrected chi connectivity index (χ2v) is 6.62. The summed E-state index contributed by atoms with van der Waals surface area (Å²) >= 11 is 0. The number of benzene rings is 1. The molecular weight excluding hydrogens is 276 g/mol. The number of piperidine rings is 1. The van der Waals surface area contributed by atoms with Crippen molar-refractivity contribution in [3.05, 3.63) is 36.9 Å². The van der Waals surface area contributed by atoms with Crippen LogP contribution in [0.1, 0.15) is 19.3 Å². The fraction of sp³-hybridized carbons (Fsp3) is 0.357. The molecule has 0 radical (unpaired) electrons. The Labute approximate surface area is 119 Å². The molecule has 1 N–H and O–H groups in total. The number of hydrogen-bond acceptors (Lipinski definition) is 3. The maximum atomic E-state index is 12.5. The lowest BCUT2D eigenvalue weighted by Gasteiger charge is -2.26. The van der Waals surface area contributed by atoms with Crippen LogP contribution < -0.4 is 5.32 Å². The molecule has 1 aromatic carbocycles. The Morgan fingerprint density at radius 3 is 2.60 bits per heavy atom. The minimum atomic E-state index is -3.47. The summed E-state index contributed by atoms with van der Waals surface area (Å²) in [6.45, 7) is 4.49. The molecule has 1 amide bonds. The summed E-state index contributed by atoms with van der Waals surface area (Å²) < 4.78 is 26.5. The number of sulfonamides is 1.